The lowest BCUT2D eigenvalue weighted by Crippen LogP contribution is -2.25. The van der Waals surface area contributed by atoms with E-state index in [0.717, 1.165) is 24.1 Å². The van der Waals surface area contributed by atoms with Gasteiger partial charge in [-0.15, -0.1) is 0 Å². The number of nitriles is 1. The number of rotatable bonds is 5. The van der Waals surface area contributed by atoms with Crippen LogP contribution in [0.5, 0.6) is 0 Å². The molecule has 7 nitrogen and oxygen atoms in total. The smallest absolute Gasteiger partial charge is 0.229 e. The maximum atomic E-state index is 15.1. The Morgan fingerprint density at radius 2 is 1.92 bits per heavy atom. The molecule has 188 valence electrons. The molecule has 0 amide bonds. The minimum absolute atomic E-state index is 0.00818. The van der Waals surface area contributed by atoms with Crippen molar-refractivity contribution >= 4 is 17.2 Å². The fourth-order valence-corrected chi connectivity index (χ4v) is 4.87. The Hall–Kier alpha value is -4.16. The van der Waals surface area contributed by atoms with Gasteiger partial charge in [0.1, 0.15) is 11.6 Å². The van der Waals surface area contributed by atoms with Crippen LogP contribution in [0, 0.1) is 23.0 Å². The van der Waals surface area contributed by atoms with Crippen molar-refractivity contribution in [2.75, 3.05) is 5.32 Å². The molecule has 0 saturated heterocycles. The third-order valence-electron chi connectivity index (χ3n) is 6.85. The van der Waals surface area contributed by atoms with Crippen molar-refractivity contribution in [2.45, 2.75) is 51.0 Å². The summed E-state index contributed by atoms with van der Waals surface area (Å²) >= 11 is 0. The van der Waals surface area contributed by atoms with E-state index in [1.807, 2.05) is 6.07 Å². The number of nitrogens with two attached hydrogens (primary N) is 1. The van der Waals surface area contributed by atoms with E-state index >= 15 is 8.78 Å². The van der Waals surface area contributed by atoms with Gasteiger partial charge in [-0.3, -0.25) is 4.98 Å². The highest BCUT2D eigenvalue weighted by molar-refractivity contribution is 5.66. The van der Waals surface area contributed by atoms with Crippen LogP contribution in [0.15, 0.2) is 60.6 Å². The second-order valence-electron chi connectivity index (χ2n) is 10.1. The normalized spacial score (nSPS) is 17.9. The number of fused-ring (bicyclic) bond motifs is 1. The third-order valence-corrected chi connectivity index (χ3v) is 6.85. The zero-order valence-corrected chi connectivity index (χ0v) is 20.8. The molecule has 9 heteroatoms. The first-order valence-corrected chi connectivity index (χ1v) is 12.1. The fourth-order valence-electron chi connectivity index (χ4n) is 4.87. The second kappa shape index (κ2) is 9.37. The zero-order valence-electron chi connectivity index (χ0n) is 20.8. The van der Waals surface area contributed by atoms with Gasteiger partial charge in [0.05, 0.1) is 46.3 Å². The summed E-state index contributed by atoms with van der Waals surface area (Å²) in [5, 5.41) is 17.2. The lowest BCUT2D eigenvalue weighted by molar-refractivity contribution is 0.545. The second-order valence-corrected chi connectivity index (χ2v) is 10.1. The van der Waals surface area contributed by atoms with E-state index in [2.05, 4.69) is 39.5 Å². The van der Waals surface area contributed by atoms with Crippen molar-refractivity contribution < 1.29 is 8.78 Å². The van der Waals surface area contributed by atoms with Crippen LogP contribution in [0.25, 0.3) is 16.8 Å². The molecule has 0 spiro atoms. The topological polar surface area (TPSA) is 105 Å². The van der Waals surface area contributed by atoms with Gasteiger partial charge in [-0.05, 0) is 81.0 Å². The van der Waals surface area contributed by atoms with Gasteiger partial charge in [-0.2, -0.15) is 14.9 Å². The summed E-state index contributed by atoms with van der Waals surface area (Å²) in [6.07, 6.45) is 8.93. The van der Waals surface area contributed by atoms with Crippen LogP contribution in [0.4, 0.5) is 20.4 Å². The van der Waals surface area contributed by atoms with Crippen LogP contribution in [-0.2, 0) is 5.41 Å². The van der Waals surface area contributed by atoms with Crippen molar-refractivity contribution in [1.29, 1.82) is 5.26 Å². The summed E-state index contributed by atoms with van der Waals surface area (Å²) in [5.41, 5.74) is 9.05. The van der Waals surface area contributed by atoms with Gasteiger partial charge in [0.25, 0.3) is 0 Å². The summed E-state index contributed by atoms with van der Waals surface area (Å²) < 4.78 is 31.7. The highest BCUT2D eigenvalue weighted by atomic mass is 19.1. The SMILES string of the molecule is CC1=C[C@H](N)C[C@H](c2ccncc2Nc2ncc3ccc(-c4c(F)cc(C(C)(C)C#N)cc4F)nn23)C1. The molecule has 2 atom stereocenters. The number of halogens is 2. The molecular weight excluding hydrogens is 472 g/mol. The lowest BCUT2D eigenvalue weighted by Gasteiger charge is -2.27. The van der Waals surface area contributed by atoms with Gasteiger partial charge < -0.3 is 11.1 Å². The van der Waals surface area contributed by atoms with E-state index in [1.54, 1.807) is 44.6 Å². The van der Waals surface area contributed by atoms with Gasteiger partial charge in [0, 0.05) is 12.2 Å². The zero-order chi connectivity index (χ0) is 26.3. The summed E-state index contributed by atoms with van der Waals surface area (Å²) in [5.74, 6) is -0.959. The van der Waals surface area contributed by atoms with Gasteiger partial charge >= 0.3 is 0 Å². The number of nitrogens with zero attached hydrogens (tertiary/aromatic N) is 5. The largest absolute Gasteiger partial charge is 0.324 e. The van der Waals surface area contributed by atoms with Crippen molar-refractivity contribution in [1.82, 2.24) is 19.6 Å². The van der Waals surface area contributed by atoms with E-state index in [-0.39, 0.29) is 28.8 Å². The monoisotopic (exact) mass is 499 g/mol. The number of imidazole rings is 1. The molecule has 0 unspecified atom stereocenters. The summed E-state index contributed by atoms with van der Waals surface area (Å²) in [4.78, 5) is 8.72. The van der Waals surface area contributed by atoms with Gasteiger partial charge in [0.2, 0.25) is 5.95 Å². The molecule has 0 aliphatic heterocycles. The Bertz CT molecular complexity index is 1540. The first kappa shape index (κ1) is 24.5. The van der Waals surface area contributed by atoms with E-state index in [9.17, 15) is 5.26 Å². The Morgan fingerprint density at radius 1 is 1.16 bits per heavy atom. The molecule has 0 saturated carbocycles. The Morgan fingerprint density at radius 3 is 2.62 bits per heavy atom. The molecule has 3 N–H and O–H groups in total. The molecule has 1 aromatic carbocycles. The van der Waals surface area contributed by atoms with Crippen LogP contribution >= 0.6 is 0 Å². The number of hydrogen-bond acceptors (Lipinski definition) is 6. The lowest BCUT2D eigenvalue weighted by atomic mass is 9.82. The summed E-state index contributed by atoms with van der Waals surface area (Å²) in [7, 11) is 0. The number of aromatic nitrogens is 4. The van der Waals surface area contributed by atoms with Gasteiger partial charge in [-0.25, -0.2) is 13.8 Å². The molecule has 1 aliphatic carbocycles. The van der Waals surface area contributed by atoms with Crippen LogP contribution in [0.2, 0.25) is 0 Å². The number of anilines is 2. The Kier molecular flexibility index (Phi) is 6.21. The number of nitrogens with one attached hydrogen (secondary N) is 1. The van der Waals surface area contributed by atoms with Crippen molar-refractivity contribution in [2.24, 2.45) is 5.73 Å². The van der Waals surface area contributed by atoms with E-state index < -0.39 is 17.0 Å². The van der Waals surface area contributed by atoms with Crippen LogP contribution in [0.3, 0.4) is 0 Å². The predicted molar refractivity (Wildman–Crippen MR) is 138 cm³/mol. The van der Waals surface area contributed by atoms with Gasteiger partial charge in [-0.1, -0.05) is 11.6 Å². The highest BCUT2D eigenvalue weighted by Crippen LogP contribution is 2.37. The standard InChI is InChI=1S/C28H27F2N7/c1-16-8-17(10-19(32)9-16)21-6-7-33-14-25(21)35-27-34-13-20-4-5-24(36-37(20)27)26-22(29)11-18(12-23(26)30)28(2,3)15-31/h4-7,9,11-14,17,19H,8,10,32H2,1-3H3,(H,34,35)/t17-,19+/m1/s1. The number of pyridine rings is 1. The third kappa shape index (κ3) is 4.68. The first-order chi connectivity index (χ1) is 17.7. The molecular formula is C28H27F2N7. The Balaban J connectivity index is 1.52. The number of hydrogen-bond donors (Lipinski definition) is 2. The highest BCUT2D eigenvalue weighted by Gasteiger charge is 2.26. The summed E-state index contributed by atoms with van der Waals surface area (Å²) in [6.45, 7) is 5.31. The quantitative estimate of drug-likeness (QED) is 0.338. The van der Waals surface area contributed by atoms with Crippen LogP contribution in [-0.4, -0.2) is 25.6 Å². The van der Waals surface area contributed by atoms with E-state index in [4.69, 9.17) is 5.73 Å². The molecule has 0 bridgehead atoms. The molecule has 5 rings (SSSR count). The van der Waals surface area contributed by atoms with E-state index in [1.165, 1.54) is 22.2 Å². The molecule has 37 heavy (non-hydrogen) atoms. The molecule has 0 fully saturated rings. The first-order valence-electron chi connectivity index (χ1n) is 12.1. The average Bonchev–Trinajstić information content (AvgIpc) is 3.25. The Labute approximate surface area is 213 Å². The van der Waals surface area contributed by atoms with Crippen molar-refractivity contribution in [3.05, 3.63) is 83.3 Å². The van der Waals surface area contributed by atoms with Crippen molar-refractivity contribution in [3.63, 3.8) is 0 Å². The fraction of sp³-hybridized carbons (Fsp3) is 0.286. The average molecular weight is 500 g/mol. The van der Waals surface area contributed by atoms with Crippen molar-refractivity contribution in [3.8, 4) is 17.3 Å². The predicted octanol–water partition coefficient (Wildman–Crippen LogP) is 5.77. The molecule has 1 aliphatic rings. The maximum absolute atomic E-state index is 15.1. The molecule has 4 aromatic rings. The van der Waals surface area contributed by atoms with Crippen LogP contribution < -0.4 is 11.1 Å². The maximum Gasteiger partial charge on any atom is 0.229 e. The molecule has 3 aromatic heterocycles. The minimum Gasteiger partial charge on any atom is -0.324 e. The number of benzene rings is 1. The van der Waals surface area contributed by atoms with Crippen LogP contribution in [0.1, 0.15) is 50.7 Å². The summed E-state index contributed by atoms with van der Waals surface area (Å²) in [6, 6.07) is 9.66. The van der Waals surface area contributed by atoms with Gasteiger partial charge in [0.15, 0.2) is 0 Å². The van der Waals surface area contributed by atoms with E-state index in [0.29, 0.717) is 11.5 Å². The molecule has 3 heterocycles. The number of allylic oxidation sites excluding steroid dienone is 1. The minimum atomic E-state index is -1.03. The molecule has 0 radical (unpaired) electrons.